The van der Waals surface area contributed by atoms with E-state index in [0.717, 1.165) is 22.3 Å². The monoisotopic (exact) mass is 359 g/mol. The largest absolute Gasteiger partial charge is 0.481 e. The molecule has 3 aromatic rings. The number of carbonyl (C=O) groups is 1. The number of ether oxygens (including phenoxy) is 1. The molecule has 3 nitrogen and oxygen atoms in total. The summed E-state index contributed by atoms with van der Waals surface area (Å²) in [6, 6.07) is 25.6. The van der Waals surface area contributed by atoms with Crippen molar-refractivity contribution in [1.29, 1.82) is 0 Å². The molecule has 0 aromatic heterocycles. The smallest absolute Gasteiger partial charge is 0.261 e. The van der Waals surface area contributed by atoms with E-state index in [2.05, 4.69) is 24.4 Å². The van der Waals surface area contributed by atoms with Gasteiger partial charge in [-0.3, -0.25) is 4.79 Å². The van der Waals surface area contributed by atoms with Crippen LogP contribution in [0.25, 0.3) is 0 Å². The normalized spacial score (nSPS) is 12.9. The maximum absolute atomic E-state index is 12.9. The van der Waals surface area contributed by atoms with Gasteiger partial charge in [-0.25, -0.2) is 0 Å². The van der Waals surface area contributed by atoms with Crippen molar-refractivity contribution in [3.8, 4) is 5.75 Å². The van der Waals surface area contributed by atoms with Crippen molar-refractivity contribution in [2.24, 2.45) is 0 Å². The van der Waals surface area contributed by atoms with Gasteiger partial charge in [-0.2, -0.15) is 0 Å². The Morgan fingerprint density at radius 3 is 2.30 bits per heavy atom. The fourth-order valence-electron chi connectivity index (χ4n) is 3.10. The molecule has 1 N–H and O–H groups in total. The summed E-state index contributed by atoms with van der Waals surface area (Å²) in [5.74, 6) is 0.554. The molecule has 2 atom stereocenters. The van der Waals surface area contributed by atoms with E-state index >= 15 is 0 Å². The Balaban J connectivity index is 1.81. The molecule has 3 rings (SSSR count). The molecule has 0 aliphatic heterocycles. The number of aryl methyl sites for hydroxylation is 2. The first-order chi connectivity index (χ1) is 13.0. The lowest BCUT2D eigenvalue weighted by Gasteiger charge is -2.24. The van der Waals surface area contributed by atoms with Gasteiger partial charge in [-0.15, -0.1) is 0 Å². The van der Waals surface area contributed by atoms with Crippen molar-refractivity contribution in [1.82, 2.24) is 5.32 Å². The highest BCUT2D eigenvalue weighted by Gasteiger charge is 2.22. The molecule has 0 fully saturated rings. The molecule has 0 saturated heterocycles. The van der Waals surface area contributed by atoms with Crippen LogP contribution in [-0.2, 0) is 4.79 Å². The van der Waals surface area contributed by atoms with E-state index in [-0.39, 0.29) is 11.9 Å². The number of amides is 1. The van der Waals surface area contributed by atoms with E-state index in [4.69, 9.17) is 4.74 Å². The molecular weight excluding hydrogens is 334 g/mol. The van der Waals surface area contributed by atoms with Crippen LogP contribution in [0.5, 0.6) is 5.75 Å². The molecule has 0 aliphatic rings. The zero-order chi connectivity index (χ0) is 19.2. The zero-order valence-electron chi connectivity index (χ0n) is 16.0. The summed E-state index contributed by atoms with van der Waals surface area (Å²) >= 11 is 0. The maximum Gasteiger partial charge on any atom is 0.261 e. The first-order valence-corrected chi connectivity index (χ1v) is 9.19. The molecule has 0 aliphatic carbocycles. The molecule has 0 saturated carbocycles. The Labute approximate surface area is 161 Å². The van der Waals surface area contributed by atoms with Crippen LogP contribution < -0.4 is 10.1 Å². The second kappa shape index (κ2) is 8.54. The zero-order valence-corrected chi connectivity index (χ0v) is 16.0. The average molecular weight is 359 g/mol. The van der Waals surface area contributed by atoms with Crippen LogP contribution in [-0.4, -0.2) is 12.0 Å². The summed E-state index contributed by atoms with van der Waals surface area (Å²) in [7, 11) is 0. The second-order valence-corrected chi connectivity index (χ2v) is 6.79. The van der Waals surface area contributed by atoms with Crippen LogP contribution in [0.1, 0.15) is 35.2 Å². The Morgan fingerprint density at radius 2 is 1.59 bits per heavy atom. The summed E-state index contributed by atoms with van der Waals surface area (Å²) in [5, 5.41) is 3.16. The van der Waals surface area contributed by atoms with E-state index in [0.29, 0.717) is 5.75 Å². The second-order valence-electron chi connectivity index (χ2n) is 6.79. The lowest BCUT2D eigenvalue weighted by molar-refractivity contribution is -0.127. The minimum absolute atomic E-state index is 0.145. The van der Waals surface area contributed by atoms with E-state index in [1.165, 1.54) is 0 Å². The van der Waals surface area contributed by atoms with Crippen molar-refractivity contribution in [2.75, 3.05) is 0 Å². The molecule has 27 heavy (non-hydrogen) atoms. The van der Waals surface area contributed by atoms with Crippen molar-refractivity contribution >= 4 is 5.91 Å². The van der Waals surface area contributed by atoms with Crippen LogP contribution in [0.2, 0.25) is 0 Å². The van der Waals surface area contributed by atoms with Crippen molar-refractivity contribution < 1.29 is 9.53 Å². The lowest BCUT2D eigenvalue weighted by Crippen LogP contribution is -2.39. The van der Waals surface area contributed by atoms with Crippen LogP contribution in [0.4, 0.5) is 0 Å². The predicted molar refractivity (Wildman–Crippen MR) is 109 cm³/mol. The summed E-state index contributed by atoms with van der Waals surface area (Å²) in [4.78, 5) is 12.9. The van der Waals surface area contributed by atoms with Gasteiger partial charge in [-0.05, 0) is 55.2 Å². The van der Waals surface area contributed by atoms with Crippen LogP contribution in [0, 0.1) is 13.8 Å². The molecule has 0 spiro atoms. The molecule has 0 radical (unpaired) electrons. The van der Waals surface area contributed by atoms with E-state index in [9.17, 15) is 4.79 Å². The van der Waals surface area contributed by atoms with Gasteiger partial charge in [0, 0.05) is 0 Å². The van der Waals surface area contributed by atoms with Crippen molar-refractivity contribution in [2.45, 2.75) is 32.9 Å². The summed E-state index contributed by atoms with van der Waals surface area (Å²) in [6.45, 7) is 5.84. The van der Waals surface area contributed by atoms with Crippen LogP contribution in [0.3, 0.4) is 0 Å². The van der Waals surface area contributed by atoms with Gasteiger partial charge in [0.15, 0.2) is 6.10 Å². The summed E-state index contributed by atoms with van der Waals surface area (Å²) < 4.78 is 5.85. The Bertz CT molecular complexity index is 905. The third-order valence-corrected chi connectivity index (χ3v) is 4.59. The lowest BCUT2D eigenvalue weighted by atomic mass is 9.95. The van der Waals surface area contributed by atoms with Gasteiger partial charge < -0.3 is 10.1 Å². The maximum atomic E-state index is 12.9. The van der Waals surface area contributed by atoms with Gasteiger partial charge in [0.25, 0.3) is 5.91 Å². The topological polar surface area (TPSA) is 38.3 Å². The molecular formula is C24H25NO2. The Morgan fingerprint density at radius 1 is 0.889 bits per heavy atom. The van der Waals surface area contributed by atoms with Crippen molar-refractivity contribution in [3.63, 3.8) is 0 Å². The third kappa shape index (κ3) is 4.76. The Hall–Kier alpha value is -3.07. The van der Waals surface area contributed by atoms with E-state index in [1.807, 2.05) is 73.7 Å². The van der Waals surface area contributed by atoms with Crippen molar-refractivity contribution in [3.05, 3.63) is 101 Å². The predicted octanol–water partition coefficient (Wildman–Crippen LogP) is 4.98. The highest BCUT2D eigenvalue weighted by atomic mass is 16.5. The first-order valence-electron chi connectivity index (χ1n) is 9.19. The molecule has 1 amide bonds. The quantitative estimate of drug-likeness (QED) is 0.674. The molecule has 0 heterocycles. The average Bonchev–Trinajstić information content (AvgIpc) is 2.67. The first kappa shape index (κ1) is 18.7. The number of hydrogen-bond acceptors (Lipinski definition) is 2. The standard InChI is InChI=1S/C24H25NO2/c1-17-10-9-14-21(16-17)27-19(3)24(26)25-23(20-12-5-4-6-13-20)22-15-8-7-11-18(22)2/h4-16,19,23H,1-3H3,(H,25,26)/t19-,23-/m1/s1. The van der Waals surface area contributed by atoms with Gasteiger partial charge in [0.2, 0.25) is 0 Å². The number of benzene rings is 3. The molecule has 3 aromatic carbocycles. The number of rotatable bonds is 6. The minimum atomic E-state index is -0.595. The SMILES string of the molecule is Cc1cccc(O[C@H](C)C(=O)N[C@H](c2ccccc2)c2ccccc2C)c1. The van der Waals surface area contributed by atoms with Crippen LogP contribution in [0.15, 0.2) is 78.9 Å². The molecule has 0 bridgehead atoms. The van der Waals surface area contributed by atoms with Crippen LogP contribution >= 0.6 is 0 Å². The molecule has 0 unspecified atom stereocenters. The Kier molecular flexibility index (Phi) is 5.92. The van der Waals surface area contributed by atoms with Gasteiger partial charge in [-0.1, -0.05) is 66.7 Å². The van der Waals surface area contributed by atoms with E-state index < -0.39 is 6.10 Å². The fourth-order valence-corrected chi connectivity index (χ4v) is 3.10. The minimum Gasteiger partial charge on any atom is -0.481 e. The fraction of sp³-hybridized carbons (Fsp3) is 0.208. The number of carbonyl (C=O) groups excluding carboxylic acids is 1. The molecule has 3 heteroatoms. The van der Waals surface area contributed by atoms with Gasteiger partial charge >= 0.3 is 0 Å². The third-order valence-electron chi connectivity index (χ3n) is 4.59. The number of hydrogen-bond donors (Lipinski definition) is 1. The van der Waals surface area contributed by atoms with Gasteiger partial charge in [0.05, 0.1) is 6.04 Å². The van der Waals surface area contributed by atoms with E-state index in [1.54, 1.807) is 6.92 Å². The van der Waals surface area contributed by atoms with Gasteiger partial charge in [0.1, 0.15) is 5.75 Å². The summed E-state index contributed by atoms with van der Waals surface area (Å²) in [5.41, 5.74) is 4.36. The highest BCUT2D eigenvalue weighted by Crippen LogP contribution is 2.25. The number of nitrogens with one attached hydrogen (secondary N) is 1. The molecule has 138 valence electrons. The summed E-state index contributed by atoms with van der Waals surface area (Å²) in [6.07, 6.45) is -0.595. The highest BCUT2D eigenvalue weighted by molar-refractivity contribution is 5.81.